The van der Waals surface area contributed by atoms with Gasteiger partial charge in [0, 0.05) is 29.6 Å². The standard InChI is InChI=1S/C13H13NO3/c1-16-11-5-10(6-12(7-11)17-2)13(15)9-3-4-14-8-9/h3-8,14H,1-2H3. The summed E-state index contributed by atoms with van der Waals surface area (Å²) < 4.78 is 10.2. The van der Waals surface area contributed by atoms with Crippen LogP contribution in [-0.2, 0) is 0 Å². The monoisotopic (exact) mass is 231 g/mol. The van der Waals surface area contributed by atoms with E-state index in [1.165, 1.54) is 0 Å². The maximum Gasteiger partial charge on any atom is 0.194 e. The lowest BCUT2D eigenvalue weighted by atomic mass is 10.1. The van der Waals surface area contributed by atoms with E-state index < -0.39 is 0 Å². The number of carbonyl (C=O) groups excluding carboxylic acids is 1. The fourth-order valence-electron chi connectivity index (χ4n) is 1.57. The minimum atomic E-state index is -0.0662. The molecule has 0 fully saturated rings. The Labute approximate surface area is 99.2 Å². The van der Waals surface area contributed by atoms with Gasteiger partial charge in [-0.15, -0.1) is 0 Å². The number of ether oxygens (including phenoxy) is 2. The normalized spacial score (nSPS) is 10.0. The van der Waals surface area contributed by atoms with Crippen LogP contribution in [0.2, 0.25) is 0 Å². The molecule has 0 saturated heterocycles. The lowest BCUT2D eigenvalue weighted by Gasteiger charge is -2.07. The minimum Gasteiger partial charge on any atom is -0.497 e. The summed E-state index contributed by atoms with van der Waals surface area (Å²) in [4.78, 5) is 15.0. The fraction of sp³-hybridized carbons (Fsp3) is 0.154. The van der Waals surface area contributed by atoms with E-state index in [1.807, 2.05) is 0 Å². The maximum atomic E-state index is 12.1. The third kappa shape index (κ3) is 2.30. The first-order valence-corrected chi connectivity index (χ1v) is 5.15. The molecule has 2 rings (SSSR count). The van der Waals surface area contributed by atoms with E-state index in [1.54, 1.807) is 50.9 Å². The molecule has 0 radical (unpaired) electrons. The van der Waals surface area contributed by atoms with Gasteiger partial charge in [0.1, 0.15) is 11.5 Å². The summed E-state index contributed by atoms with van der Waals surface area (Å²) in [5.41, 5.74) is 1.15. The molecule has 0 spiro atoms. The summed E-state index contributed by atoms with van der Waals surface area (Å²) in [6.07, 6.45) is 3.37. The summed E-state index contributed by atoms with van der Waals surface area (Å²) in [5.74, 6) is 1.13. The second kappa shape index (κ2) is 4.74. The number of nitrogens with one attached hydrogen (secondary N) is 1. The quantitative estimate of drug-likeness (QED) is 0.821. The molecule has 0 aliphatic heterocycles. The topological polar surface area (TPSA) is 51.3 Å². The molecule has 0 aliphatic carbocycles. The van der Waals surface area contributed by atoms with Gasteiger partial charge < -0.3 is 14.5 Å². The van der Waals surface area contributed by atoms with Crippen molar-refractivity contribution in [3.63, 3.8) is 0 Å². The Morgan fingerprint density at radius 3 is 2.18 bits per heavy atom. The highest BCUT2D eigenvalue weighted by atomic mass is 16.5. The maximum absolute atomic E-state index is 12.1. The Kier molecular flexibility index (Phi) is 3.14. The van der Waals surface area contributed by atoms with Crippen LogP contribution >= 0.6 is 0 Å². The zero-order valence-corrected chi connectivity index (χ0v) is 9.69. The smallest absolute Gasteiger partial charge is 0.194 e. The first-order chi connectivity index (χ1) is 8.24. The minimum absolute atomic E-state index is 0.0662. The van der Waals surface area contributed by atoms with Crippen LogP contribution in [0.5, 0.6) is 11.5 Å². The number of aromatic amines is 1. The van der Waals surface area contributed by atoms with Crippen molar-refractivity contribution in [3.05, 3.63) is 47.8 Å². The van der Waals surface area contributed by atoms with Gasteiger partial charge in [0.25, 0.3) is 0 Å². The van der Waals surface area contributed by atoms with E-state index in [2.05, 4.69) is 4.98 Å². The lowest BCUT2D eigenvalue weighted by Crippen LogP contribution is -2.01. The molecule has 1 aromatic heterocycles. The predicted molar refractivity (Wildman–Crippen MR) is 63.8 cm³/mol. The zero-order valence-electron chi connectivity index (χ0n) is 9.69. The van der Waals surface area contributed by atoms with Gasteiger partial charge in [0.05, 0.1) is 14.2 Å². The van der Waals surface area contributed by atoms with Gasteiger partial charge >= 0.3 is 0 Å². The van der Waals surface area contributed by atoms with Crippen LogP contribution in [0, 0.1) is 0 Å². The van der Waals surface area contributed by atoms with Crippen LogP contribution in [0.4, 0.5) is 0 Å². The molecule has 1 heterocycles. The molecule has 0 saturated carbocycles. The van der Waals surface area contributed by atoms with Crippen LogP contribution in [0.15, 0.2) is 36.7 Å². The second-order valence-corrected chi connectivity index (χ2v) is 3.53. The molecule has 0 aliphatic rings. The van der Waals surface area contributed by atoms with Crippen molar-refractivity contribution in [1.82, 2.24) is 4.98 Å². The molecule has 2 aromatic rings. The number of benzene rings is 1. The summed E-state index contributed by atoms with van der Waals surface area (Å²) in [6, 6.07) is 6.85. The molecule has 0 atom stereocenters. The zero-order chi connectivity index (χ0) is 12.3. The van der Waals surface area contributed by atoms with Gasteiger partial charge in [0.15, 0.2) is 5.78 Å². The fourth-order valence-corrected chi connectivity index (χ4v) is 1.57. The van der Waals surface area contributed by atoms with Crippen molar-refractivity contribution in [2.24, 2.45) is 0 Å². The molecule has 1 aromatic carbocycles. The van der Waals surface area contributed by atoms with Gasteiger partial charge in [-0.2, -0.15) is 0 Å². The van der Waals surface area contributed by atoms with Gasteiger partial charge in [0.2, 0.25) is 0 Å². The first kappa shape index (κ1) is 11.3. The number of hydrogen-bond acceptors (Lipinski definition) is 3. The van der Waals surface area contributed by atoms with Crippen LogP contribution in [0.25, 0.3) is 0 Å². The highest BCUT2D eigenvalue weighted by Gasteiger charge is 2.12. The summed E-state index contributed by atoms with van der Waals surface area (Å²) >= 11 is 0. The SMILES string of the molecule is COc1cc(OC)cc(C(=O)c2cc[nH]c2)c1. The molecule has 0 bridgehead atoms. The van der Waals surface area contributed by atoms with E-state index >= 15 is 0 Å². The Morgan fingerprint density at radius 1 is 1.06 bits per heavy atom. The van der Waals surface area contributed by atoms with Crippen LogP contribution in [-0.4, -0.2) is 25.0 Å². The Bertz CT molecular complexity index is 495. The van der Waals surface area contributed by atoms with Crippen molar-refractivity contribution < 1.29 is 14.3 Å². The molecular formula is C13H13NO3. The number of carbonyl (C=O) groups is 1. The van der Waals surface area contributed by atoms with Crippen LogP contribution < -0.4 is 9.47 Å². The molecule has 17 heavy (non-hydrogen) atoms. The summed E-state index contributed by atoms with van der Waals surface area (Å²) in [7, 11) is 3.11. The Hall–Kier alpha value is -2.23. The molecule has 4 heteroatoms. The van der Waals surface area contributed by atoms with Crippen molar-refractivity contribution in [1.29, 1.82) is 0 Å². The number of ketones is 1. The molecule has 0 amide bonds. The van der Waals surface area contributed by atoms with Gasteiger partial charge in [-0.05, 0) is 18.2 Å². The van der Waals surface area contributed by atoms with Gasteiger partial charge in [-0.25, -0.2) is 0 Å². The van der Waals surface area contributed by atoms with Crippen molar-refractivity contribution >= 4 is 5.78 Å². The Morgan fingerprint density at radius 2 is 1.71 bits per heavy atom. The van der Waals surface area contributed by atoms with Crippen LogP contribution in [0.1, 0.15) is 15.9 Å². The summed E-state index contributed by atoms with van der Waals surface area (Å²) in [6.45, 7) is 0. The average molecular weight is 231 g/mol. The number of hydrogen-bond donors (Lipinski definition) is 1. The first-order valence-electron chi connectivity index (χ1n) is 5.15. The van der Waals surface area contributed by atoms with Crippen LogP contribution in [0.3, 0.4) is 0 Å². The van der Waals surface area contributed by atoms with Gasteiger partial charge in [-0.3, -0.25) is 4.79 Å². The molecule has 88 valence electrons. The molecular weight excluding hydrogens is 218 g/mol. The number of methoxy groups -OCH3 is 2. The van der Waals surface area contributed by atoms with E-state index in [4.69, 9.17) is 9.47 Å². The van der Waals surface area contributed by atoms with E-state index in [0.29, 0.717) is 22.6 Å². The summed E-state index contributed by atoms with van der Waals surface area (Å²) in [5, 5.41) is 0. The molecule has 4 nitrogen and oxygen atoms in total. The Balaban J connectivity index is 2.41. The number of aromatic nitrogens is 1. The molecule has 0 unspecified atom stereocenters. The highest BCUT2D eigenvalue weighted by molar-refractivity contribution is 6.09. The van der Waals surface area contributed by atoms with E-state index in [9.17, 15) is 4.79 Å². The largest absolute Gasteiger partial charge is 0.497 e. The van der Waals surface area contributed by atoms with Crippen molar-refractivity contribution in [2.45, 2.75) is 0 Å². The highest BCUT2D eigenvalue weighted by Crippen LogP contribution is 2.24. The van der Waals surface area contributed by atoms with Crippen molar-refractivity contribution in [2.75, 3.05) is 14.2 Å². The molecule has 1 N–H and O–H groups in total. The predicted octanol–water partition coefficient (Wildman–Crippen LogP) is 2.26. The second-order valence-electron chi connectivity index (χ2n) is 3.53. The third-order valence-corrected chi connectivity index (χ3v) is 2.47. The van der Waals surface area contributed by atoms with Crippen molar-refractivity contribution in [3.8, 4) is 11.5 Å². The van der Waals surface area contributed by atoms with Gasteiger partial charge in [-0.1, -0.05) is 0 Å². The lowest BCUT2D eigenvalue weighted by molar-refractivity contribution is 0.103. The van der Waals surface area contributed by atoms with E-state index in [0.717, 1.165) is 0 Å². The van der Waals surface area contributed by atoms with E-state index in [-0.39, 0.29) is 5.78 Å². The third-order valence-electron chi connectivity index (χ3n) is 2.47. The average Bonchev–Trinajstić information content (AvgIpc) is 2.91. The number of H-pyrrole nitrogens is 1. The number of rotatable bonds is 4.